The molecule has 17 rings (SSSR count). The van der Waals surface area contributed by atoms with E-state index in [1.807, 2.05) is 196 Å². The number of carboxylic acids is 1. The normalized spacial score (nSPS) is 20.8. The van der Waals surface area contributed by atoms with Gasteiger partial charge in [-0.1, -0.05) is 219 Å². The molecular formula is C100H124ClF6N11O15. The molecule has 0 radical (unpaired) electrons. The molecule has 26 nitrogen and oxygen atoms in total. The van der Waals surface area contributed by atoms with Crippen LogP contribution in [0.1, 0.15) is 170 Å². The molecule has 6 N–H and O–H groups in total. The number of alkyl halides is 6. The Morgan fingerprint density at radius 3 is 1.30 bits per heavy atom. The maximum Gasteiger partial charge on any atom is 0.471 e. The molecule has 4 spiro atoms. The van der Waals surface area contributed by atoms with E-state index in [9.17, 15) is 74.3 Å². The number of carbonyl (C=O) groups excluding carboxylic acids is 9. The number of amides is 7. The molecular weight excluding hydrogens is 1740 g/mol. The van der Waals surface area contributed by atoms with Gasteiger partial charge in [-0.3, -0.25) is 38.6 Å². The fraction of sp³-hybridized carbons (Fsp3) is 0.480. The number of benzene rings is 7. The summed E-state index contributed by atoms with van der Waals surface area (Å²) >= 11 is 0. The Balaban J connectivity index is 0.000000163. The highest BCUT2D eigenvalue weighted by Crippen LogP contribution is 2.51. The van der Waals surface area contributed by atoms with Crippen LogP contribution in [0.15, 0.2) is 212 Å². The molecule has 7 amide bonds. The second kappa shape index (κ2) is 46.0. The van der Waals surface area contributed by atoms with Crippen LogP contribution >= 0.6 is 12.4 Å². The largest absolute Gasteiger partial charge is 0.480 e. The molecule has 4 aliphatic heterocycles. The Labute approximate surface area is 779 Å². The van der Waals surface area contributed by atoms with Gasteiger partial charge in [0.1, 0.15) is 48.0 Å². The summed E-state index contributed by atoms with van der Waals surface area (Å²) in [6.45, 7) is 18.1. The molecule has 7 aromatic carbocycles. The number of esters is 2. The van der Waals surface area contributed by atoms with Gasteiger partial charge < -0.3 is 70.2 Å². The molecule has 6 aliphatic carbocycles. The second-order valence-electron chi connectivity index (χ2n) is 36.3. The van der Waals surface area contributed by atoms with Crippen molar-refractivity contribution in [2.45, 2.75) is 253 Å². The van der Waals surface area contributed by atoms with Crippen LogP contribution in [-0.2, 0) is 103 Å². The number of hydrogen-bond donors (Lipinski definition) is 6. The third-order valence-electron chi connectivity index (χ3n) is 25.9. The summed E-state index contributed by atoms with van der Waals surface area (Å²) in [6, 6.07) is 67.5. The maximum absolute atomic E-state index is 13.4. The summed E-state index contributed by atoms with van der Waals surface area (Å²) in [7, 11) is 2.68. The minimum Gasteiger partial charge on any atom is -0.480 e. The number of likely N-dealkylation sites (tertiary alicyclic amines) is 1. The number of rotatable bonds is 22. The van der Waals surface area contributed by atoms with E-state index in [1.165, 1.54) is 44.1 Å². The molecule has 4 heterocycles. The van der Waals surface area contributed by atoms with Gasteiger partial charge >= 0.3 is 54.3 Å². The predicted molar refractivity (Wildman–Crippen MR) is 489 cm³/mol. The quantitative estimate of drug-likeness (QED) is 0.0209. The van der Waals surface area contributed by atoms with Gasteiger partial charge in [0.15, 0.2) is 0 Å². The SMILES string of the molecule is COC(=O)[C@H](C)N(Cc1ccccc1)C(=O)C1(NC(=O)OCc2ccccc2)CC1.COC(=O)[C@H](C)NCc1ccccc1.C[C@@H]1CCC2(CC2)N(C(=O)C(F)(F)F)C1.C[C@H]1C(=O)NC2(CC2)C(=O)N1Cc1ccccc1.C[C@H]1CN(C(=O)C(F)(F)F)C2(CC2)CN1Cc1ccccc1.C[C@H]1CNC2(CC2)CN1Cc1ccccc1.Cl.O=C(NC1(C(=O)O)CC1)OCc1ccccc1. The number of carboxylic acid groups (broad SMARTS) is 1. The number of nitrogens with one attached hydrogen (secondary N) is 5. The van der Waals surface area contributed by atoms with Crippen molar-refractivity contribution in [2.75, 3.05) is 46.9 Å². The van der Waals surface area contributed by atoms with Crippen molar-refractivity contribution in [2.24, 2.45) is 5.92 Å². The van der Waals surface area contributed by atoms with Crippen molar-refractivity contribution >= 4 is 72.0 Å². The molecule has 4 saturated heterocycles. The second-order valence-corrected chi connectivity index (χ2v) is 36.3. The van der Waals surface area contributed by atoms with Crippen molar-refractivity contribution in [3.05, 3.63) is 251 Å². The van der Waals surface area contributed by atoms with E-state index in [4.69, 9.17) is 19.3 Å². The van der Waals surface area contributed by atoms with E-state index in [2.05, 4.69) is 78.4 Å². The van der Waals surface area contributed by atoms with Gasteiger partial charge in [0, 0.05) is 88.6 Å². The number of piperidine rings is 1. The number of hydrogen-bond acceptors (Lipinski definition) is 18. The molecule has 0 unspecified atom stereocenters. The van der Waals surface area contributed by atoms with E-state index >= 15 is 0 Å². The van der Waals surface area contributed by atoms with Gasteiger partial charge in [0.25, 0.3) is 0 Å². The van der Waals surface area contributed by atoms with Crippen LogP contribution in [-0.4, -0.2) is 217 Å². The smallest absolute Gasteiger partial charge is 0.471 e. The number of piperazine rings is 3. The predicted octanol–water partition coefficient (Wildman–Crippen LogP) is 14.6. The van der Waals surface area contributed by atoms with Crippen LogP contribution in [0.4, 0.5) is 35.9 Å². The third kappa shape index (κ3) is 29.3. The Kier molecular flexibility index (Phi) is 35.8. The van der Waals surface area contributed by atoms with Gasteiger partial charge in [-0.2, -0.15) is 26.3 Å². The molecule has 10 aliphatic rings. The summed E-state index contributed by atoms with van der Waals surface area (Å²) in [5.41, 5.74) is 4.13. The van der Waals surface area contributed by atoms with Crippen LogP contribution < -0.4 is 26.6 Å². The van der Waals surface area contributed by atoms with Crippen LogP contribution in [0.3, 0.4) is 0 Å². The van der Waals surface area contributed by atoms with E-state index in [1.54, 1.807) is 25.7 Å². The van der Waals surface area contributed by atoms with E-state index < -0.39 is 82.0 Å². The minimum absolute atomic E-state index is 0. The summed E-state index contributed by atoms with van der Waals surface area (Å²) in [4.78, 5) is 128. The zero-order valence-corrected chi connectivity index (χ0v) is 77.4. The molecule has 133 heavy (non-hydrogen) atoms. The molecule has 10 fully saturated rings. The van der Waals surface area contributed by atoms with Crippen molar-refractivity contribution < 1.29 is 98.3 Å². The molecule has 6 saturated carbocycles. The van der Waals surface area contributed by atoms with E-state index in [0.717, 1.165) is 94.8 Å². The lowest BCUT2D eigenvalue weighted by atomic mass is 9.92. The van der Waals surface area contributed by atoms with Crippen LogP contribution in [0, 0.1) is 5.92 Å². The van der Waals surface area contributed by atoms with Crippen molar-refractivity contribution in [3.63, 3.8) is 0 Å². The number of alkyl carbamates (subject to hydrolysis) is 2. The van der Waals surface area contributed by atoms with Gasteiger partial charge in [0.05, 0.1) is 19.8 Å². The Bertz CT molecular complexity index is 5000. The topological polar surface area (TPSA) is 307 Å². The molecule has 7 aromatic rings. The average molecular weight is 1870 g/mol. The lowest BCUT2D eigenvalue weighted by molar-refractivity contribution is -0.192. The number of ether oxygens (including phenoxy) is 4. The lowest BCUT2D eigenvalue weighted by Crippen LogP contribution is -2.63. The monoisotopic (exact) mass is 1870 g/mol. The highest BCUT2D eigenvalue weighted by Gasteiger charge is 2.62. The van der Waals surface area contributed by atoms with Crippen LogP contribution in [0.2, 0.25) is 0 Å². The highest BCUT2D eigenvalue weighted by molar-refractivity contribution is 6.01. The number of carbonyl (C=O) groups is 10. The summed E-state index contributed by atoms with van der Waals surface area (Å²) in [6.07, 6.45) is -0.197. The fourth-order valence-electron chi connectivity index (χ4n) is 16.5. The first-order valence-corrected chi connectivity index (χ1v) is 45.1. The summed E-state index contributed by atoms with van der Waals surface area (Å²) in [5, 5.41) is 23.6. The first-order chi connectivity index (χ1) is 62.9. The van der Waals surface area contributed by atoms with Gasteiger partial charge in [-0.25, -0.2) is 19.2 Å². The Morgan fingerprint density at radius 2 is 0.895 bits per heavy atom. The molecule has 718 valence electrons. The molecule has 33 heteroatoms. The number of halogens is 7. The van der Waals surface area contributed by atoms with Crippen molar-refractivity contribution in [3.8, 4) is 0 Å². The molecule has 6 atom stereocenters. The zero-order valence-electron chi connectivity index (χ0n) is 76.6. The molecule has 0 bridgehead atoms. The summed E-state index contributed by atoms with van der Waals surface area (Å²) in [5.74, 6) is -5.19. The van der Waals surface area contributed by atoms with Crippen LogP contribution in [0.25, 0.3) is 0 Å². The lowest BCUT2D eigenvalue weighted by Gasteiger charge is -2.46. The standard InChI is InChI=1S/C23H26N2O5.C16H19F3N2O.C14H16N2O2.C14H20N2.C12H13NO4.C11H15NO2.C10H14F3NO.ClH/c1-17(20(26)29-2)25(15-18-9-5-3-6-10-18)21(27)23(13-14-23)24-22(28)30-16-19-11-7-4-8-12-19;1-12-9-21(14(22)16(17,18)19)15(7-8-15)11-20(12)10-13-5-3-2-4-6-13;1-10-12(17)15-14(7-8-14)13(18)16(10)9-11-5-3-2-4-6-11;1-12-9-15-14(7-8-14)11-16(12)10-13-5-3-2-4-6-13;14-10(15)12(6-7-12)13-11(16)17-8-9-4-2-1-3-5-9;1-9(11(13)14-2)12-8-10-6-4-3-5-7-10;1-7-2-3-9(4-5-9)14(6-7)8(15)10(11,12)13;/h3-12,17H,13-16H2,1-2H3,(H,24,28);2-6,12H,7-11H2,1H3;2-6,10H,7-9H2,1H3,(H,15,17);2-6,12,15H,7-11H2,1H3;1-5H,6-8H2,(H,13,16)(H,14,15);3-7,9,12H,8H2,1-2H3;7H,2-6H2,1H3;1H/t17-;12-;10-;12-;;9-;7-;/m0000.01./s1. The number of nitrogens with zero attached hydrogens (tertiary/aromatic N) is 6. The first-order valence-electron chi connectivity index (χ1n) is 45.1. The fourth-order valence-corrected chi connectivity index (χ4v) is 16.5. The number of methoxy groups -OCH3 is 2. The minimum atomic E-state index is -4.78. The Morgan fingerprint density at radius 1 is 0.489 bits per heavy atom. The van der Waals surface area contributed by atoms with Crippen LogP contribution in [0.5, 0.6) is 0 Å². The summed E-state index contributed by atoms with van der Waals surface area (Å²) < 4.78 is 95.0. The van der Waals surface area contributed by atoms with Gasteiger partial charge in [0.2, 0.25) is 17.7 Å². The van der Waals surface area contributed by atoms with Gasteiger partial charge in [-0.15, -0.1) is 12.4 Å². The average Bonchev–Trinajstić information content (AvgIpc) is 1.58. The molecule has 0 aromatic heterocycles. The number of aliphatic carboxylic acids is 1. The van der Waals surface area contributed by atoms with Crippen molar-refractivity contribution in [1.82, 2.24) is 56.0 Å². The van der Waals surface area contributed by atoms with E-state index in [-0.39, 0.29) is 93.0 Å². The maximum atomic E-state index is 13.4. The first kappa shape index (κ1) is 104. The van der Waals surface area contributed by atoms with Crippen molar-refractivity contribution in [1.29, 1.82) is 0 Å². The zero-order chi connectivity index (χ0) is 95.2. The Hall–Kier alpha value is -11.5. The van der Waals surface area contributed by atoms with E-state index in [0.29, 0.717) is 76.3 Å². The third-order valence-corrected chi connectivity index (χ3v) is 25.9. The highest BCUT2D eigenvalue weighted by atomic mass is 35.5. The van der Waals surface area contributed by atoms with Gasteiger partial charge in [-0.05, 0) is 169 Å².